The van der Waals surface area contributed by atoms with Crippen molar-refractivity contribution in [3.05, 3.63) is 22.4 Å². The molecule has 4 nitrogen and oxygen atoms in total. The molecule has 1 rings (SSSR count). The molecule has 96 valence electrons. The van der Waals surface area contributed by atoms with Gasteiger partial charge in [-0.15, -0.1) is 11.3 Å². The molecular weight excluding hydrogens is 238 g/mol. The lowest BCUT2D eigenvalue weighted by Gasteiger charge is -2.23. The zero-order valence-corrected chi connectivity index (χ0v) is 10.9. The van der Waals surface area contributed by atoms with Gasteiger partial charge in [-0.25, -0.2) is 0 Å². The molecule has 3 N–H and O–H groups in total. The Hall–Kier alpha value is -0.910. The fourth-order valence-corrected chi connectivity index (χ4v) is 2.50. The molecule has 3 unspecified atom stereocenters. The molecule has 0 bridgehead atoms. The molecule has 0 saturated carbocycles. The Bertz CT molecular complexity index is 340. The third kappa shape index (κ3) is 4.11. The van der Waals surface area contributed by atoms with E-state index in [2.05, 4.69) is 5.32 Å². The number of rotatable bonds is 7. The lowest BCUT2D eigenvalue weighted by molar-refractivity contribution is -0.140. The second kappa shape index (κ2) is 6.74. The monoisotopic (exact) mass is 257 g/mol. The normalized spacial score (nSPS) is 16.4. The maximum atomic E-state index is 11.0. The molecule has 3 atom stereocenters. The van der Waals surface area contributed by atoms with Crippen LogP contribution >= 0.6 is 11.3 Å². The molecule has 0 amide bonds. The summed E-state index contributed by atoms with van der Waals surface area (Å²) in [5.74, 6) is -0.864. The molecule has 0 aliphatic carbocycles. The van der Waals surface area contributed by atoms with Gasteiger partial charge in [0, 0.05) is 10.9 Å². The first kappa shape index (κ1) is 14.2. The molecule has 1 aromatic heterocycles. The highest BCUT2D eigenvalue weighted by Crippen LogP contribution is 2.22. The van der Waals surface area contributed by atoms with Gasteiger partial charge in [-0.3, -0.25) is 10.1 Å². The van der Waals surface area contributed by atoms with E-state index >= 15 is 0 Å². The second-order valence-corrected chi connectivity index (χ2v) is 5.07. The van der Waals surface area contributed by atoms with E-state index in [0.717, 1.165) is 11.3 Å². The zero-order valence-electron chi connectivity index (χ0n) is 10.1. The quantitative estimate of drug-likeness (QED) is 0.699. The molecular formula is C12H19NO3S. The first-order valence-electron chi connectivity index (χ1n) is 5.76. The molecule has 1 heterocycles. The van der Waals surface area contributed by atoms with Gasteiger partial charge in [0.2, 0.25) is 0 Å². The number of hydrogen-bond acceptors (Lipinski definition) is 4. The predicted molar refractivity (Wildman–Crippen MR) is 68.2 cm³/mol. The first-order valence-corrected chi connectivity index (χ1v) is 6.64. The molecule has 1 aromatic rings. The average Bonchev–Trinajstić information content (AvgIpc) is 2.80. The van der Waals surface area contributed by atoms with Crippen LogP contribution in [0.5, 0.6) is 0 Å². The van der Waals surface area contributed by atoms with E-state index in [4.69, 9.17) is 5.11 Å². The molecule has 0 fully saturated rings. The molecule has 5 heteroatoms. The number of aliphatic hydroxyl groups excluding tert-OH is 1. The number of thiophene rings is 1. The lowest BCUT2D eigenvalue weighted by Crippen LogP contribution is -2.44. The topological polar surface area (TPSA) is 69.6 Å². The van der Waals surface area contributed by atoms with Gasteiger partial charge in [-0.2, -0.15) is 0 Å². The molecule has 0 aromatic carbocycles. The van der Waals surface area contributed by atoms with Crippen LogP contribution in [0.4, 0.5) is 0 Å². The summed E-state index contributed by atoms with van der Waals surface area (Å²) >= 11 is 1.47. The van der Waals surface area contributed by atoms with Crippen molar-refractivity contribution in [3.63, 3.8) is 0 Å². The number of aliphatic carboxylic acids is 1. The van der Waals surface area contributed by atoms with Crippen molar-refractivity contribution >= 4 is 17.3 Å². The highest BCUT2D eigenvalue weighted by atomic mass is 32.1. The highest BCUT2D eigenvalue weighted by Gasteiger charge is 2.23. The Balaban J connectivity index is 2.57. The van der Waals surface area contributed by atoms with Gasteiger partial charge in [-0.1, -0.05) is 19.4 Å². The average molecular weight is 257 g/mol. The van der Waals surface area contributed by atoms with Gasteiger partial charge in [0.15, 0.2) is 0 Å². The number of carboxylic acid groups (broad SMARTS) is 1. The zero-order chi connectivity index (χ0) is 12.8. The molecule has 0 saturated heterocycles. The summed E-state index contributed by atoms with van der Waals surface area (Å²) < 4.78 is 0. The van der Waals surface area contributed by atoms with Crippen molar-refractivity contribution < 1.29 is 15.0 Å². The molecule has 0 aliphatic rings. The molecule has 0 spiro atoms. The largest absolute Gasteiger partial charge is 0.480 e. The van der Waals surface area contributed by atoms with Crippen LogP contribution in [-0.2, 0) is 4.79 Å². The van der Waals surface area contributed by atoms with Crippen LogP contribution in [-0.4, -0.2) is 28.3 Å². The molecule has 0 aliphatic heterocycles. The Morgan fingerprint density at radius 1 is 1.59 bits per heavy atom. The SMILES string of the molecule is CCCC(NC(C)C(O)c1cccs1)C(=O)O. The van der Waals surface area contributed by atoms with Crippen molar-refractivity contribution in [3.8, 4) is 0 Å². The predicted octanol–water partition coefficient (Wildman–Crippen LogP) is 2.01. The van der Waals surface area contributed by atoms with E-state index in [1.807, 2.05) is 24.4 Å². The van der Waals surface area contributed by atoms with Crippen LogP contribution < -0.4 is 5.32 Å². The summed E-state index contributed by atoms with van der Waals surface area (Å²) in [5.41, 5.74) is 0. The third-order valence-electron chi connectivity index (χ3n) is 2.65. The van der Waals surface area contributed by atoms with Gasteiger partial charge >= 0.3 is 5.97 Å². The highest BCUT2D eigenvalue weighted by molar-refractivity contribution is 7.10. The number of carboxylic acids is 1. The Morgan fingerprint density at radius 2 is 2.29 bits per heavy atom. The minimum atomic E-state index is -0.864. The van der Waals surface area contributed by atoms with Gasteiger partial charge in [0.1, 0.15) is 12.1 Å². The van der Waals surface area contributed by atoms with Gasteiger partial charge in [0.05, 0.1) is 0 Å². The van der Waals surface area contributed by atoms with Crippen molar-refractivity contribution in [2.45, 2.75) is 44.9 Å². The van der Waals surface area contributed by atoms with Crippen molar-refractivity contribution in [2.75, 3.05) is 0 Å². The van der Waals surface area contributed by atoms with Crippen molar-refractivity contribution in [1.29, 1.82) is 0 Å². The Kier molecular flexibility index (Phi) is 5.61. The van der Waals surface area contributed by atoms with Gasteiger partial charge in [-0.05, 0) is 24.8 Å². The number of aliphatic hydroxyl groups is 1. The Morgan fingerprint density at radius 3 is 2.76 bits per heavy atom. The number of nitrogens with one attached hydrogen (secondary N) is 1. The van der Waals surface area contributed by atoms with Crippen molar-refractivity contribution in [2.24, 2.45) is 0 Å². The summed E-state index contributed by atoms with van der Waals surface area (Å²) in [7, 11) is 0. The summed E-state index contributed by atoms with van der Waals surface area (Å²) in [6, 6.07) is 2.85. The van der Waals surface area contributed by atoms with Crippen LogP contribution in [0.3, 0.4) is 0 Å². The summed E-state index contributed by atoms with van der Waals surface area (Å²) in [6.07, 6.45) is 0.705. The Labute approximate surface area is 105 Å². The number of carbonyl (C=O) groups is 1. The lowest BCUT2D eigenvalue weighted by atomic mass is 10.1. The fourth-order valence-electron chi connectivity index (χ4n) is 1.68. The van der Waals surface area contributed by atoms with E-state index in [1.54, 1.807) is 6.92 Å². The van der Waals surface area contributed by atoms with Crippen LogP contribution in [0.25, 0.3) is 0 Å². The van der Waals surface area contributed by atoms with Gasteiger partial charge < -0.3 is 10.2 Å². The van der Waals surface area contributed by atoms with E-state index in [9.17, 15) is 9.90 Å². The second-order valence-electron chi connectivity index (χ2n) is 4.10. The van der Waals surface area contributed by atoms with Crippen molar-refractivity contribution in [1.82, 2.24) is 5.32 Å². The van der Waals surface area contributed by atoms with Crippen LogP contribution in [0.15, 0.2) is 17.5 Å². The molecule has 17 heavy (non-hydrogen) atoms. The van der Waals surface area contributed by atoms with Crippen LogP contribution in [0, 0.1) is 0 Å². The smallest absolute Gasteiger partial charge is 0.320 e. The first-order chi connectivity index (χ1) is 8.06. The van der Waals surface area contributed by atoms with E-state index in [0.29, 0.717) is 6.42 Å². The summed E-state index contributed by atoms with van der Waals surface area (Å²) in [5, 5.41) is 23.9. The summed E-state index contributed by atoms with van der Waals surface area (Å²) in [4.78, 5) is 11.8. The maximum Gasteiger partial charge on any atom is 0.320 e. The minimum Gasteiger partial charge on any atom is -0.480 e. The third-order valence-corrected chi connectivity index (χ3v) is 3.59. The van der Waals surface area contributed by atoms with Crippen LogP contribution in [0.2, 0.25) is 0 Å². The summed E-state index contributed by atoms with van der Waals surface area (Å²) in [6.45, 7) is 3.74. The van der Waals surface area contributed by atoms with E-state index < -0.39 is 18.1 Å². The fraction of sp³-hybridized carbons (Fsp3) is 0.583. The maximum absolute atomic E-state index is 11.0. The number of hydrogen-bond donors (Lipinski definition) is 3. The standard InChI is InChI=1S/C12H19NO3S/c1-3-5-9(12(15)16)13-8(2)11(14)10-6-4-7-17-10/h4,6-9,11,13-14H,3,5H2,1-2H3,(H,15,16). The molecule has 0 radical (unpaired) electrons. The minimum absolute atomic E-state index is 0.277. The van der Waals surface area contributed by atoms with E-state index in [-0.39, 0.29) is 6.04 Å². The van der Waals surface area contributed by atoms with Gasteiger partial charge in [0.25, 0.3) is 0 Å². The van der Waals surface area contributed by atoms with Crippen LogP contribution in [0.1, 0.15) is 37.7 Å². The van der Waals surface area contributed by atoms with E-state index in [1.165, 1.54) is 11.3 Å².